The molecule has 5 heteroatoms. The van der Waals surface area contributed by atoms with Gasteiger partial charge in [0.15, 0.2) is 0 Å². The number of carbonyl (C=O) groups is 2. The molecule has 0 bridgehead atoms. The highest BCUT2D eigenvalue weighted by Gasteiger charge is 2.29. The van der Waals surface area contributed by atoms with E-state index in [0.717, 1.165) is 17.3 Å². The number of carbonyl (C=O) groups excluding carboxylic acids is 2. The Labute approximate surface area is 129 Å². The molecule has 1 unspecified atom stereocenters. The fraction of sp³-hybridized carbons (Fsp3) is 0.412. The van der Waals surface area contributed by atoms with Crippen molar-refractivity contribution < 1.29 is 14.3 Å². The van der Waals surface area contributed by atoms with Crippen LogP contribution in [0.3, 0.4) is 0 Å². The standard InChI is InChI=1S/C17H20N2O3/c1-2-22-16(20)9-12-7-8-19(11-12)17(21)15-10-13-5-3-4-6-14(13)18-15/h3-6,10,12,18H,2,7-9,11H2,1H3. The average Bonchev–Trinajstić information content (AvgIpc) is 3.13. The van der Waals surface area contributed by atoms with Gasteiger partial charge < -0.3 is 14.6 Å². The summed E-state index contributed by atoms with van der Waals surface area (Å²) in [4.78, 5) is 29.1. The number of hydrogen-bond acceptors (Lipinski definition) is 3. The van der Waals surface area contributed by atoms with Gasteiger partial charge in [-0.3, -0.25) is 9.59 Å². The van der Waals surface area contributed by atoms with E-state index in [2.05, 4.69) is 4.98 Å². The van der Waals surface area contributed by atoms with Crippen LogP contribution in [-0.4, -0.2) is 41.5 Å². The van der Waals surface area contributed by atoms with Gasteiger partial charge in [-0.2, -0.15) is 0 Å². The largest absolute Gasteiger partial charge is 0.466 e. The maximum absolute atomic E-state index is 12.6. The van der Waals surface area contributed by atoms with E-state index in [1.54, 1.807) is 6.92 Å². The molecule has 1 aliphatic rings. The molecule has 22 heavy (non-hydrogen) atoms. The molecule has 2 heterocycles. The predicted molar refractivity (Wildman–Crippen MR) is 83.6 cm³/mol. The Hall–Kier alpha value is -2.30. The third-order valence-electron chi connectivity index (χ3n) is 4.09. The monoisotopic (exact) mass is 300 g/mol. The first-order valence-electron chi connectivity index (χ1n) is 7.70. The van der Waals surface area contributed by atoms with Crippen LogP contribution in [0.2, 0.25) is 0 Å². The summed E-state index contributed by atoms with van der Waals surface area (Å²) in [6.45, 7) is 3.52. The molecule has 0 saturated carbocycles. The number of fused-ring (bicyclic) bond motifs is 1. The normalized spacial score (nSPS) is 17.9. The van der Waals surface area contributed by atoms with Crippen LogP contribution in [0.4, 0.5) is 0 Å². The highest BCUT2D eigenvalue weighted by molar-refractivity contribution is 5.98. The maximum Gasteiger partial charge on any atom is 0.306 e. The molecule has 0 radical (unpaired) electrons. The molecule has 1 atom stereocenters. The van der Waals surface area contributed by atoms with Crippen molar-refractivity contribution in [3.8, 4) is 0 Å². The average molecular weight is 300 g/mol. The van der Waals surface area contributed by atoms with Crippen LogP contribution in [0.15, 0.2) is 30.3 Å². The molecule has 0 aliphatic carbocycles. The number of likely N-dealkylation sites (tertiary alicyclic amines) is 1. The van der Waals surface area contributed by atoms with Gasteiger partial charge in [-0.05, 0) is 31.4 Å². The quantitative estimate of drug-likeness (QED) is 0.883. The number of amides is 1. The van der Waals surface area contributed by atoms with Gasteiger partial charge in [-0.25, -0.2) is 0 Å². The van der Waals surface area contributed by atoms with Crippen LogP contribution < -0.4 is 0 Å². The third kappa shape index (κ3) is 2.98. The number of rotatable bonds is 4. The van der Waals surface area contributed by atoms with Crippen LogP contribution in [0, 0.1) is 5.92 Å². The van der Waals surface area contributed by atoms with E-state index in [1.807, 2.05) is 35.2 Å². The molecule has 1 aromatic carbocycles. The summed E-state index contributed by atoms with van der Waals surface area (Å²) < 4.78 is 4.98. The van der Waals surface area contributed by atoms with Gasteiger partial charge in [-0.1, -0.05) is 18.2 Å². The number of nitrogens with zero attached hydrogens (tertiary/aromatic N) is 1. The Morgan fingerprint density at radius 1 is 1.36 bits per heavy atom. The molecule has 1 saturated heterocycles. The smallest absolute Gasteiger partial charge is 0.306 e. The highest BCUT2D eigenvalue weighted by Crippen LogP contribution is 2.23. The van der Waals surface area contributed by atoms with E-state index in [9.17, 15) is 9.59 Å². The number of aromatic amines is 1. The molecule has 1 aliphatic heterocycles. The van der Waals surface area contributed by atoms with Crippen LogP contribution in [0.5, 0.6) is 0 Å². The van der Waals surface area contributed by atoms with Crippen LogP contribution in [0.25, 0.3) is 10.9 Å². The van der Waals surface area contributed by atoms with E-state index in [0.29, 0.717) is 31.8 Å². The van der Waals surface area contributed by atoms with Crippen molar-refractivity contribution in [2.75, 3.05) is 19.7 Å². The van der Waals surface area contributed by atoms with Crippen molar-refractivity contribution in [2.24, 2.45) is 5.92 Å². The zero-order valence-corrected chi connectivity index (χ0v) is 12.7. The summed E-state index contributed by atoms with van der Waals surface area (Å²) >= 11 is 0. The molecule has 1 N–H and O–H groups in total. The molecule has 1 amide bonds. The molecular weight excluding hydrogens is 280 g/mol. The molecule has 0 spiro atoms. The van der Waals surface area contributed by atoms with Crippen molar-refractivity contribution in [1.29, 1.82) is 0 Å². The molecule has 1 fully saturated rings. The number of aromatic nitrogens is 1. The van der Waals surface area contributed by atoms with Crippen molar-refractivity contribution >= 4 is 22.8 Å². The second-order valence-corrected chi connectivity index (χ2v) is 5.69. The van der Waals surface area contributed by atoms with Crippen molar-refractivity contribution in [3.63, 3.8) is 0 Å². The first-order chi connectivity index (χ1) is 10.7. The summed E-state index contributed by atoms with van der Waals surface area (Å²) in [6.07, 6.45) is 1.25. The Balaban J connectivity index is 1.65. The van der Waals surface area contributed by atoms with Gasteiger partial charge >= 0.3 is 5.97 Å². The number of ether oxygens (including phenoxy) is 1. The molecule has 3 rings (SSSR count). The second kappa shape index (κ2) is 6.22. The molecule has 116 valence electrons. The van der Waals surface area contributed by atoms with Crippen LogP contribution >= 0.6 is 0 Å². The summed E-state index contributed by atoms with van der Waals surface area (Å²) in [7, 11) is 0. The van der Waals surface area contributed by atoms with Gasteiger partial charge in [0, 0.05) is 24.0 Å². The minimum Gasteiger partial charge on any atom is -0.466 e. The lowest BCUT2D eigenvalue weighted by molar-refractivity contribution is -0.144. The van der Waals surface area contributed by atoms with Gasteiger partial charge in [0.2, 0.25) is 0 Å². The minimum absolute atomic E-state index is 0.00237. The van der Waals surface area contributed by atoms with E-state index >= 15 is 0 Å². The Morgan fingerprint density at radius 2 is 2.18 bits per heavy atom. The molecule has 1 aromatic heterocycles. The predicted octanol–water partition coefficient (Wildman–Crippen LogP) is 2.58. The van der Waals surface area contributed by atoms with Gasteiger partial charge in [0.25, 0.3) is 5.91 Å². The van der Waals surface area contributed by atoms with Gasteiger partial charge in [0.05, 0.1) is 13.0 Å². The fourth-order valence-corrected chi connectivity index (χ4v) is 3.00. The lowest BCUT2D eigenvalue weighted by Gasteiger charge is -2.15. The molecule has 2 aromatic rings. The second-order valence-electron chi connectivity index (χ2n) is 5.69. The zero-order chi connectivity index (χ0) is 15.5. The highest BCUT2D eigenvalue weighted by atomic mass is 16.5. The fourth-order valence-electron chi connectivity index (χ4n) is 3.00. The van der Waals surface area contributed by atoms with E-state index < -0.39 is 0 Å². The molecular formula is C17H20N2O3. The van der Waals surface area contributed by atoms with E-state index in [-0.39, 0.29) is 17.8 Å². The topological polar surface area (TPSA) is 62.4 Å². The lowest BCUT2D eigenvalue weighted by atomic mass is 10.1. The van der Waals surface area contributed by atoms with Crippen LogP contribution in [-0.2, 0) is 9.53 Å². The van der Waals surface area contributed by atoms with Crippen LogP contribution in [0.1, 0.15) is 30.3 Å². The number of benzene rings is 1. The van der Waals surface area contributed by atoms with Gasteiger partial charge in [0.1, 0.15) is 5.69 Å². The van der Waals surface area contributed by atoms with Crippen molar-refractivity contribution in [2.45, 2.75) is 19.8 Å². The summed E-state index contributed by atoms with van der Waals surface area (Å²) in [6, 6.07) is 9.72. The van der Waals surface area contributed by atoms with Crippen molar-refractivity contribution in [1.82, 2.24) is 9.88 Å². The van der Waals surface area contributed by atoms with E-state index in [1.165, 1.54) is 0 Å². The minimum atomic E-state index is -0.174. The maximum atomic E-state index is 12.6. The summed E-state index contributed by atoms with van der Waals surface area (Å²) in [5, 5.41) is 1.04. The number of para-hydroxylation sites is 1. The summed E-state index contributed by atoms with van der Waals surface area (Å²) in [5.74, 6) is 0.0300. The molecule has 5 nitrogen and oxygen atoms in total. The van der Waals surface area contributed by atoms with Gasteiger partial charge in [-0.15, -0.1) is 0 Å². The Morgan fingerprint density at radius 3 is 2.95 bits per heavy atom. The number of nitrogens with one attached hydrogen (secondary N) is 1. The number of hydrogen-bond donors (Lipinski definition) is 1. The number of H-pyrrole nitrogens is 1. The first-order valence-corrected chi connectivity index (χ1v) is 7.70. The van der Waals surface area contributed by atoms with Crippen molar-refractivity contribution in [3.05, 3.63) is 36.0 Å². The number of esters is 1. The Kier molecular flexibility index (Phi) is 4.13. The first kappa shape index (κ1) is 14.6. The summed E-state index contributed by atoms with van der Waals surface area (Å²) in [5.41, 5.74) is 1.58. The zero-order valence-electron chi connectivity index (χ0n) is 12.7. The third-order valence-corrected chi connectivity index (χ3v) is 4.09. The Bertz CT molecular complexity index is 659. The SMILES string of the molecule is CCOC(=O)CC1CCN(C(=O)c2cc3ccccc3[nH]2)C1. The van der Waals surface area contributed by atoms with E-state index in [4.69, 9.17) is 4.74 Å². The lowest BCUT2D eigenvalue weighted by Crippen LogP contribution is -2.29.